The molecular weight excluding hydrogens is 500 g/mol. The number of aromatic carboxylic acids is 1. The average molecular weight is 537 g/mol. The number of aromatic nitrogens is 1. The van der Waals surface area contributed by atoms with Crippen molar-refractivity contribution in [2.45, 2.75) is 46.2 Å². The van der Waals surface area contributed by atoms with Gasteiger partial charge in [-0.15, -0.1) is 0 Å². The fraction of sp³-hybridized carbons (Fsp3) is 0.517. The van der Waals surface area contributed by atoms with Gasteiger partial charge in [0.05, 0.1) is 30.1 Å². The van der Waals surface area contributed by atoms with E-state index in [0.29, 0.717) is 49.8 Å². The van der Waals surface area contributed by atoms with E-state index in [1.807, 2.05) is 20.4 Å². The molecule has 10 nitrogen and oxygen atoms in total. The van der Waals surface area contributed by atoms with Crippen LogP contribution in [0, 0.1) is 11.8 Å². The number of carboxylic acid groups (broad SMARTS) is 1. The van der Waals surface area contributed by atoms with E-state index in [9.17, 15) is 24.3 Å². The van der Waals surface area contributed by atoms with Gasteiger partial charge in [-0.2, -0.15) is 0 Å². The first-order valence-electron chi connectivity index (χ1n) is 13.6. The highest BCUT2D eigenvalue weighted by Gasteiger charge is 2.41. The highest BCUT2D eigenvalue weighted by molar-refractivity contribution is 5.98. The lowest BCUT2D eigenvalue weighted by atomic mass is 9.85. The molecule has 4 heterocycles. The van der Waals surface area contributed by atoms with E-state index in [1.165, 1.54) is 19.4 Å². The Morgan fingerprint density at radius 2 is 1.79 bits per heavy atom. The van der Waals surface area contributed by atoms with Crippen LogP contribution in [0.4, 0.5) is 10.5 Å². The number of nitrogens with zero attached hydrogens (tertiary/aromatic N) is 4. The number of carboxylic acids is 1. The number of carbonyl (C=O) groups is 3. The third-order valence-corrected chi connectivity index (χ3v) is 8.13. The van der Waals surface area contributed by atoms with Crippen LogP contribution in [0.3, 0.4) is 0 Å². The molecule has 1 N–H and O–H groups in total. The van der Waals surface area contributed by atoms with Gasteiger partial charge in [0.1, 0.15) is 5.56 Å². The largest absolute Gasteiger partial charge is 0.477 e. The summed E-state index contributed by atoms with van der Waals surface area (Å²) in [5.74, 6) is -1.19. The molecular formula is C29H36N4O6. The number of esters is 1. The van der Waals surface area contributed by atoms with Gasteiger partial charge in [0.15, 0.2) is 5.43 Å². The van der Waals surface area contributed by atoms with Crippen LogP contribution >= 0.6 is 0 Å². The van der Waals surface area contributed by atoms with E-state index < -0.39 is 17.4 Å². The van der Waals surface area contributed by atoms with Crippen LogP contribution in [0.2, 0.25) is 0 Å². The van der Waals surface area contributed by atoms with Crippen molar-refractivity contribution in [3.05, 3.63) is 51.3 Å². The van der Waals surface area contributed by atoms with Crippen LogP contribution in [-0.4, -0.2) is 83.3 Å². The molecule has 1 aromatic heterocycles. The van der Waals surface area contributed by atoms with E-state index in [0.717, 1.165) is 23.4 Å². The van der Waals surface area contributed by atoms with Crippen molar-refractivity contribution in [2.24, 2.45) is 11.8 Å². The first-order valence-corrected chi connectivity index (χ1v) is 13.6. The number of pyridine rings is 1. The normalized spacial score (nSPS) is 20.3. The van der Waals surface area contributed by atoms with Gasteiger partial charge in [0.2, 0.25) is 0 Å². The minimum Gasteiger partial charge on any atom is -0.477 e. The summed E-state index contributed by atoms with van der Waals surface area (Å²) in [7, 11) is 1.34. The lowest BCUT2D eigenvalue weighted by Gasteiger charge is -2.39. The van der Waals surface area contributed by atoms with Crippen LogP contribution < -0.4 is 10.3 Å². The number of piperazine rings is 1. The number of ether oxygens (including phenoxy) is 1. The smallest absolute Gasteiger partial charge is 0.341 e. The topological polar surface area (TPSA) is 112 Å². The Hall–Kier alpha value is -3.82. The summed E-state index contributed by atoms with van der Waals surface area (Å²) in [5.41, 5.74) is 2.62. The molecule has 2 fully saturated rings. The molecule has 0 spiro atoms. The van der Waals surface area contributed by atoms with E-state index >= 15 is 0 Å². The predicted molar refractivity (Wildman–Crippen MR) is 147 cm³/mol. The number of amides is 2. The summed E-state index contributed by atoms with van der Waals surface area (Å²) in [6.07, 6.45) is 2.05. The fourth-order valence-electron chi connectivity index (χ4n) is 6.24. The third-order valence-electron chi connectivity index (χ3n) is 8.13. The quantitative estimate of drug-likeness (QED) is 0.564. The molecule has 1 unspecified atom stereocenters. The Kier molecular flexibility index (Phi) is 6.90. The molecule has 0 saturated carbocycles. The number of anilines is 1. The monoisotopic (exact) mass is 536 g/mol. The van der Waals surface area contributed by atoms with Gasteiger partial charge in [-0.25, -0.2) is 14.4 Å². The van der Waals surface area contributed by atoms with Crippen molar-refractivity contribution in [1.82, 2.24) is 14.4 Å². The summed E-state index contributed by atoms with van der Waals surface area (Å²) < 4.78 is 7.03. The highest BCUT2D eigenvalue weighted by Crippen LogP contribution is 2.41. The fourth-order valence-corrected chi connectivity index (χ4v) is 6.24. The molecule has 10 heteroatoms. The van der Waals surface area contributed by atoms with Crippen LogP contribution in [0.15, 0.2) is 29.2 Å². The number of carbonyl (C=O) groups excluding carboxylic acids is 2. The first kappa shape index (κ1) is 26.8. The zero-order valence-electron chi connectivity index (χ0n) is 23.1. The van der Waals surface area contributed by atoms with Crippen LogP contribution in [0.25, 0.3) is 11.3 Å². The van der Waals surface area contributed by atoms with Crippen LogP contribution in [0.1, 0.15) is 60.0 Å². The molecule has 39 heavy (non-hydrogen) atoms. The van der Waals surface area contributed by atoms with Gasteiger partial charge in [0.25, 0.3) is 0 Å². The molecule has 0 radical (unpaired) electrons. The number of urea groups is 1. The second-order valence-electron chi connectivity index (χ2n) is 11.6. The summed E-state index contributed by atoms with van der Waals surface area (Å²) in [6, 6.07) is 5.21. The number of benzene rings is 1. The zero-order valence-corrected chi connectivity index (χ0v) is 23.1. The van der Waals surface area contributed by atoms with Crippen LogP contribution in [-0.2, 0) is 11.2 Å². The molecule has 5 rings (SSSR count). The summed E-state index contributed by atoms with van der Waals surface area (Å²) in [6.45, 7) is 11.5. The number of rotatable bonds is 6. The minimum absolute atomic E-state index is 0.0312. The van der Waals surface area contributed by atoms with Crippen molar-refractivity contribution in [1.29, 1.82) is 0 Å². The maximum absolute atomic E-state index is 13.0. The van der Waals surface area contributed by atoms with Crippen molar-refractivity contribution < 1.29 is 24.2 Å². The minimum atomic E-state index is -1.26. The Balaban J connectivity index is 1.57. The lowest BCUT2D eigenvalue weighted by molar-refractivity contribution is 0.0600. The van der Waals surface area contributed by atoms with Gasteiger partial charge in [-0.3, -0.25) is 4.79 Å². The van der Waals surface area contributed by atoms with Crippen molar-refractivity contribution in [3.63, 3.8) is 0 Å². The van der Waals surface area contributed by atoms with E-state index in [-0.39, 0.29) is 29.6 Å². The van der Waals surface area contributed by atoms with Gasteiger partial charge in [0, 0.05) is 56.6 Å². The van der Waals surface area contributed by atoms with Gasteiger partial charge >= 0.3 is 18.0 Å². The van der Waals surface area contributed by atoms with E-state index in [1.54, 1.807) is 6.07 Å². The van der Waals surface area contributed by atoms with Crippen molar-refractivity contribution in [2.75, 3.05) is 44.7 Å². The maximum atomic E-state index is 13.0. The predicted octanol–water partition coefficient (Wildman–Crippen LogP) is 3.34. The summed E-state index contributed by atoms with van der Waals surface area (Å²) in [4.78, 5) is 56.4. The van der Waals surface area contributed by atoms with Crippen molar-refractivity contribution >= 4 is 23.7 Å². The van der Waals surface area contributed by atoms with Gasteiger partial charge in [-0.05, 0) is 36.0 Å². The first-order chi connectivity index (χ1) is 18.5. The molecule has 2 atom stereocenters. The van der Waals surface area contributed by atoms with Gasteiger partial charge < -0.3 is 29.1 Å². The number of hydrogen-bond acceptors (Lipinski definition) is 6. The molecule has 3 aliphatic heterocycles. The average Bonchev–Trinajstić information content (AvgIpc) is 3.19. The van der Waals surface area contributed by atoms with E-state index in [2.05, 4.69) is 32.6 Å². The number of fused-ring (bicyclic) bond motifs is 4. The molecule has 208 valence electrons. The maximum Gasteiger partial charge on any atom is 0.341 e. The highest BCUT2D eigenvalue weighted by atomic mass is 16.5. The Morgan fingerprint density at radius 1 is 1.05 bits per heavy atom. The SMILES string of the molecule is COC(=O)c1cc2c(cc1N1CCN3C(=O)N(CC(C)C)C[C@@H]3C1)CC(C(C)C)n1cc(C(=O)O)c(=O)cc1-2. The van der Waals surface area contributed by atoms with E-state index in [4.69, 9.17) is 4.74 Å². The second kappa shape index (κ2) is 10.1. The lowest BCUT2D eigenvalue weighted by Crippen LogP contribution is -2.52. The van der Waals surface area contributed by atoms with Crippen molar-refractivity contribution in [3.8, 4) is 11.3 Å². The summed E-state index contributed by atoms with van der Waals surface area (Å²) in [5, 5.41) is 9.55. The Labute approximate surface area is 227 Å². The molecule has 2 amide bonds. The van der Waals surface area contributed by atoms with Crippen LogP contribution in [0.5, 0.6) is 0 Å². The van der Waals surface area contributed by atoms with Gasteiger partial charge in [-0.1, -0.05) is 27.7 Å². The standard InChI is InChI=1S/C29H36N4O6/c1-16(2)12-31-14-19-13-30(6-7-32(19)29(31)38)24-9-18-8-23(17(3)4)33-15-22(27(35)36)26(34)11-25(33)20(18)10-21(24)28(37)39-5/h9-11,15-17,19,23H,6-8,12-14H2,1-5H3,(H,35,36)/t19-,23?/m0/s1. The molecule has 2 aromatic rings. The molecule has 0 aliphatic carbocycles. The Morgan fingerprint density at radius 3 is 2.44 bits per heavy atom. The second-order valence-corrected chi connectivity index (χ2v) is 11.6. The number of methoxy groups -OCH3 is 1. The molecule has 0 bridgehead atoms. The zero-order chi connectivity index (χ0) is 28.2. The third kappa shape index (κ3) is 4.66. The summed E-state index contributed by atoms with van der Waals surface area (Å²) >= 11 is 0. The molecule has 2 saturated heterocycles. The number of hydrogen-bond donors (Lipinski definition) is 1. The Bertz CT molecular complexity index is 1400. The molecule has 1 aromatic carbocycles. The molecule has 3 aliphatic rings.